The molecule has 6 heteroatoms. The van der Waals surface area contributed by atoms with E-state index in [0.29, 0.717) is 12.3 Å². The normalized spacial score (nSPS) is 29.6. The average molecular weight is 383 g/mol. The van der Waals surface area contributed by atoms with Crippen LogP contribution in [0.5, 0.6) is 0 Å². The van der Waals surface area contributed by atoms with Crippen molar-refractivity contribution >= 4 is 11.9 Å². The van der Waals surface area contributed by atoms with Gasteiger partial charge in [0, 0.05) is 36.8 Å². The first kappa shape index (κ1) is 17.7. The lowest BCUT2D eigenvalue weighted by molar-refractivity contribution is -0.140. The van der Waals surface area contributed by atoms with E-state index in [1.807, 2.05) is 18.2 Å². The number of fused-ring (bicyclic) bond motifs is 3. The maximum atomic E-state index is 14.0. The second-order valence-corrected chi connectivity index (χ2v) is 8.77. The van der Waals surface area contributed by atoms with Gasteiger partial charge in [0.1, 0.15) is 0 Å². The number of carbonyl (C=O) groups is 1. The Morgan fingerprint density at radius 1 is 1.21 bits per heavy atom. The van der Waals surface area contributed by atoms with Crippen LogP contribution in [0.2, 0.25) is 0 Å². The van der Waals surface area contributed by atoms with E-state index < -0.39 is 16.9 Å². The van der Waals surface area contributed by atoms with Crippen LogP contribution in [0.15, 0.2) is 23.2 Å². The van der Waals surface area contributed by atoms with Gasteiger partial charge < -0.3 is 5.73 Å². The summed E-state index contributed by atoms with van der Waals surface area (Å²) in [5.74, 6) is 4.21. The Morgan fingerprint density at radius 2 is 1.93 bits per heavy atom. The summed E-state index contributed by atoms with van der Waals surface area (Å²) >= 11 is 0. The maximum Gasteiger partial charge on any atom is 0.262 e. The predicted molar refractivity (Wildman–Crippen MR) is 102 cm³/mol. The lowest BCUT2D eigenvalue weighted by Gasteiger charge is -2.45. The van der Waals surface area contributed by atoms with Crippen molar-refractivity contribution in [1.29, 1.82) is 0 Å². The molecule has 4 aliphatic rings. The number of guanidine groups is 1. The summed E-state index contributed by atoms with van der Waals surface area (Å²) in [5, 5.41) is 0. The molecule has 3 aliphatic carbocycles. The number of amides is 1. The highest BCUT2D eigenvalue weighted by atomic mass is 19.3. The third kappa shape index (κ3) is 2.35. The quantitative estimate of drug-likeness (QED) is 0.700. The van der Waals surface area contributed by atoms with E-state index in [9.17, 15) is 13.6 Å². The van der Waals surface area contributed by atoms with Crippen LogP contribution < -0.4 is 5.73 Å². The molecule has 28 heavy (non-hydrogen) atoms. The fourth-order valence-electron chi connectivity index (χ4n) is 5.13. The molecule has 1 aromatic rings. The van der Waals surface area contributed by atoms with E-state index >= 15 is 0 Å². The zero-order valence-corrected chi connectivity index (χ0v) is 15.9. The standard InChI is InChI=1S/C22H23F2N3O/c1-27-18(28)22(26-19(27)25)17-12-15(5-4-14-2-3-14)6-7-16(17)13-20(22)8-10-21(23,24)11-9-20/h6-7,12,14H,2-3,8-11,13H2,1H3,(H2,25,26). The van der Waals surface area contributed by atoms with Crippen molar-refractivity contribution in [3.05, 3.63) is 34.9 Å². The molecule has 1 unspecified atom stereocenters. The van der Waals surface area contributed by atoms with Gasteiger partial charge in [-0.25, -0.2) is 13.8 Å². The van der Waals surface area contributed by atoms with Gasteiger partial charge in [-0.3, -0.25) is 9.69 Å². The fraction of sp³-hybridized carbons (Fsp3) is 0.545. The number of carbonyl (C=O) groups excluding carboxylic acids is 1. The first-order valence-electron chi connectivity index (χ1n) is 9.93. The number of rotatable bonds is 0. The molecule has 2 spiro atoms. The Kier molecular flexibility index (Phi) is 3.51. The first-order valence-corrected chi connectivity index (χ1v) is 9.93. The number of nitrogens with zero attached hydrogens (tertiary/aromatic N) is 2. The van der Waals surface area contributed by atoms with Crippen LogP contribution in [0.4, 0.5) is 8.78 Å². The molecule has 0 bridgehead atoms. The monoisotopic (exact) mass is 383 g/mol. The Hall–Kier alpha value is -2.42. The summed E-state index contributed by atoms with van der Waals surface area (Å²) in [7, 11) is 1.61. The van der Waals surface area contributed by atoms with Crippen molar-refractivity contribution in [2.45, 2.75) is 56.4 Å². The van der Waals surface area contributed by atoms with Gasteiger partial charge in [0.05, 0.1) is 0 Å². The molecule has 4 nitrogen and oxygen atoms in total. The van der Waals surface area contributed by atoms with Crippen LogP contribution >= 0.6 is 0 Å². The van der Waals surface area contributed by atoms with E-state index in [4.69, 9.17) is 5.73 Å². The molecule has 2 saturated carbocycles. The van der Waals surface area contributed by atoms with Crippen molar-refractivity contribution in [2.75, 3.05) is 7.05 Å². The third-order valence-electron chi connectivity index (χ3n) is 6.97. The zero-order valence-electron chi connectivity index (χ0n) is 15.9. The summed E-state index contributed by atoms with van der Waals surface area (Å²) in [4.78, 5) is 19.5. The molecular weight excluding hydrogens is 360 g/mol. The van der Waals surface area contributed by atoms with Crippen molar-refractivity contribution in [2.24, 2.45) is 22.1 Å². The topological polar surface area (TPSA) is 58.7 Å². The lowest BCUT2D eigenvalue weighted by Crippen LogP contribution is -2.52. The molecule has 1 heterocycles. The average Bonchev–Trinajstić information content (AvgIpc) is 3.42. The van der Waals surface area contributed by atoms with Gasteiger partial charge in [-0.1, -0.05) is 17.9 Å². The number of benzene rings is 1. The minimum atomic E-state index is -2.68. The van der Waals surface area contributed by atoms with Gasteiger partial charge in [0.15, 0.2) is 11.5 Å². The predicted octanol–water partition coefficient (Wildman–Crippen LogP) is 3.18. The van der Waals surface area contributed by atoms with E-state index in [0.717, 1.165) is 29.5 Å². The molecule has 0 aromatic heterocycles. The highest BCUT2D eigenvalue weighted by molar-refractivity contribution is 6.08. The van der Waals surface area contributed by atoms with E-state index in [2.05, 4.69) is 16.8 Å². The summed E-state index contributed by atoms with van der Waals surface area (Å²) in [6.07, 6.45) is 2.94. The summed E-state index contributed by atoms with van der Waals surface area (Å²) in [5.41, 5.74) is 6.85. The Balaban J connectivity index is 1.65. The molecule has 1 aromatic carbocycles. The number of hydrogen-bond donors (Lipinski definition) is 1. The van der Waals surface area contributed by atoms with Gasteiger partial charge in [-0.05, 0) is 55.4 Å². The van der Waals surface area contributed by atoms with Crippen molar-refractivity contribution < 1.29 is 13.6 Å². The number of likely N-dealkylation sites (N-methyl/N-ethyl adjacent to an activating group) is 1. The molecule has 2 N–H and O–H groups in total. The van der Waals surface area contributed by atoms with Crippen LogP contribution in [0, 0.1) is 23.2 Å². The Labute approximate surface area is 163 Å². The number of hydrogen-bond acceptors (Lipinski definition) is 3. The number of nitrogens with two attached hydrogens (primary N) is 1. The van der Waals surface area contributed by atoms with Gasteiger partial charge >= 0.3 is 0 Å². The Bertz CT molecular complexity index is 960. The van der Waals surface area contributed by atoms with Crippen LogP contribution in [-0.2, 0) is 16.8 Å². The van der Waals surface area contributed by atoms with Crippen molar-refractivity contribution in [3.63, 3.8) is 0 Å². The Morgan fingerprint density at radius 3 is 2.54 bits per heavy atom. The fourth-order valence-corrected chi connectivity index (χ4v) is 5.13. The van der Waals surface area contributed by atoms with Crippen LogP contribution in [0.3, 0.4) is 0 Å². The first-order chi connectivity index (χ1) is 13.3. The van der Waals surface area contributed by atoms with E-state index in [-0.39, 0.29) is 37.6 Å². The molecule has 146 valence electrons. The van der Waals surface area contributed by atoms with Crippen LogP contribution in [-0.4, -0.2) is 29.7 Å². The number of alkyl halides is 2. The largest absolute Gasteiger partial charge is 0.369 e. The summed E-state index contributed by atoms with van der Waals surface area (Å²) in [6.45, 7) is 0. The highest BCUT2D eigenvalue weighted by Gasteiger charge is 2.67. The SMILES string of the molecule is CN1C(=O)C2(N=C1N)c1cc(C#CC3CC3)ccc1CC21CCC(F)(F)CC1. The van der Waals surface area contributed by atoms with Gasteiger partial charge in [0.2, 0.25) is 5.92 Å². The van der Waals surface area contributed by atoms with Gasteiger partial charge in [-0.15, -0.1) is 0 Å². The minimum Gasteiger partial charge on any atom is -0.369 e. The second kappa shape index (κ2) is 5.56. The molecule has 5 rings (SSSR count). The molecule has 1 aliphatic heterocycles. The maximum absolute atomic E-state index is 14.0. The molecule has 0 radical (unpaired) electrons. The molecule has 1 atom stereocenters. The van der Waals surface area contributed by atoms with Gasteiger partial charge in [-0.2, -0.15) is 0 Å². The smallest absolute Gasteiger partial charge is 0.262 e. The zero-order chi connectivity index (χ0) is 19.7. The van der Waals surface area contributed by atoms with Crippen LogP contribution in [0.25, 0.3) is 0 Å². The van der Waals surface area contributed by atoms with Crippen molar-refractivity contribution in [1.82, 2.24) is 4.90 Å². The number of aliphatic imine (C=N–C) groups is 1. The van der Waals surface area contributed by atoms with Crippen molar-refractivity contribution in [3.8, 4) is 11.8 Å². The molecule has 2 fully saturated rings. The summed E-state index contributed by atoms with van der Waals surface area (Å²) < 4.78 is 27.9. The molecular formula is C22H23F2N3O. The van der Waals surface area contributed by atoms with E-state index in [1.54, 1.807) is 7.05 Å². The van der Waals surface area contributed by atoms with Crippen LogP contribution in [0.1, 0.15) is 55.2 Å². The van der Waals surface area contributed by atoms with Gasteiger partial charge in [0.25, 0.3) is 5.91 Å². The second-order valence-electron chi connectivity index (χ2n) is 8.77. The highest BCUT2D eigenvalue weighted by Crippen LogP contribution is 2.63. The summed E-state index contributed by atoms with van der Waals surface area (Å²) in [6, 6.07) is 5.90. The third-order valence-corrected chi connectivity index (χ3v) is 6.97. The number of halogens is 2. The minimum absolute atomic E-state index is 0.157. The molecule has 1 amide bonds. The lowest BCUT2D eigenvalue weighted by atomic mass is 9.61. The van der Waals surface area contributed by atoms with E-state index in [1.165, 1.54) is 4.90 Å². The molecule has 0 saturated heterocycles.